The van der Waals surface area contributed by atoms with Crippen LogP contribution in [0.15, 0.2) is 60.7 Å². The van der Waals surface area contributed by atoms with Crippen LogP contribution in [0.2, 0.25) is 0 Å². The van der Waals surface area contributed by atoms with Crippen molar-refractivity contribution in [1.82, 2.24) is 15.5 Å². The van der Waals surface area contributed by atoms with E-state index < -0.39 is 28.7 Å². The Morgan fingerprint density at radius 2 is 1.71 bits per heavy atom. The van der Waals surface area contributed by atoms with Gasteiger partial charge in [0.05, 0.1) is 29.2 Å². The first-order chi connectivity index (χ1) is 18.4. The van der Waals surface area contributed by atoms with Crippen LogP contribution in [0.4, 0.5) is 0 Å². The summed E-state index contributed by atoms with van der Waals surface area (Å²) in [6, 6.07) is 18.1. The van der Waals surface area contributed by atoms with Crippen molar-refractivity contribution >= 4 is 29.5 Å². The molecule has 0 aliphatic carbocycles. The maximum atomic E-state index is 14.3. The summed E-state index contributed by atoms with van der Waals surface area (Å²) < 4.78 is -0.707. The molecule has 0 saturated carbocycles. The Morgan fingerprint density at radius 3 is 2.34 bits per heavy atom. The van der Waals surface area contributed by atoms with Crippen molar-refractivity contribution in [3.8, 4) is 0 Å². The number of carbonyl (C=O) groups is 3. The summed E-state index contributed by atoms with van der Waals surface area (Å²) in [7, 11) is 0. The molecule has 202 valence electrons. The number of hydrogen-bond acceptors (Lipinski definition) is 5. The number of nitrogens with one attached hydrogen (secondary N) is 2. The zero-order valence-corrected chi connectivity index (χ0v) is 22.8. The third-order valence-corrected chi connectivity index (χ3v) is 10.6. The number of fused-ring (bicyclic) bond motifs is 1. The maximum absolute atomic E-state index is 14.3. The van der Waals surface area contributed by atoms with Crippen molar-refractivity contribution < 1.29 is 19.5 Å². The first kappa shape index (κ1) is 26.8. The van der Waals surface area contributed by atoms with Gasteiger partial charge in [-0.05, 0) is 36.3 Å². The van der Waals surface area contributed by atoms with Gasteiger partial charge in [0.15, 0.2) is 0 Å². The lowest BCUT2D eigenvalue weighted by molar-refractivity contribution is -0.142. The molecule has 0 radical (unpaired) electrons. The third-order valence-electron chi connectivity index (χ3n) is 8.51. The van der Waals surface area contributed by atoms with Crippen LogP contribution >= 0.6 is 11.8 Å². The predicted molar refractivity (Wildman–Crippen MR) is 148 cm³/mol. The molecule has 2 aromatic carbocycles. The number of carbonyl (C=O) groups excluding carboxylic acids is 3. The molecule has 3 fully saturated rings. The summed E-state index contributed by atoms with van der Waals surface area (Å²) in [6.45, 7) is 4.77. The molecule has 7 atom stereocenters. The molecule has 2 bridgehead atoms. The van der Waals surface area contributed by atoms with Crippen LogP contribution in [0.1, 0.15) is 37.8 Å². The van der Waals surface area contributed by atoms with Gasteiger partial charge < -0.3 is 20.6 Å². The largest absolute Gasteiger partial charge is 0.394 e. The van der Waals surface area contributed by atoms with Gasteiger partial charge in [-0.25, -0.2) is 0 Å². The van der Waals surface area contributed by atoms with Gasteiger partial charge in [-0.2, -0.15) is 0 Å². The van der Waals surface area contributed by atoms with E-state index in [1.165, 1.54) is 0 Å². The number of amides is 3. The highest BCUT2D eigenvalue weighted by Gasteiger charge is 2.76. The molecule has 1 spiro atoms. The van der Waals surface area contributed by atoms with Gasteiger partial charge in [-0.3, -0.25) is 14.4 Å². The lowest BCUT2D eigenvalue weighted by Gasteiger charge is -2.40. The zero-order valence-electron chi connectivity index (χ0n) is 22.0. The molecule has 3 amide bonds. The number of likely N-dealkylation sites (tertiary alicyclic amines) is 1. The zero-order chi connectivity index (χ0) is 26.9. The average Bonchev–Trinajstić information content (AvgIpc) is 3.54. The first-order valence-corrected chi connectivity index (χ1v) is 14.5. The highest BCUT2D eigenvalue weighted by molar-refractivity contribution is 8.02. The van der Waals surface area contributed by atoms with E-state index in [9.17, 15) is 19.5 Å². The standard InChI is InChI=1S/C30H37N3O4S/c1-3-14-31-27(35)24-23-15-19(2)30(38-23)25(24)29(37)33(22(18-34)16-20-10-6-4-7-11-20)26(30)28(36)32-17-21-12-8-5-9-13-21/h4-13,19,22-26,34H,3,14-18H2,1-2H3,(H,31,35)(H,32,36)/t19?,22-,23+,24-,25+,26?,30?/m1/s1. The molecule has 0 aromatic heterocycles. The Bertz CT molecular complexity index is 1160. The predicted octanol–water partition coefficient (Wildman–Crippen LogP) is 2.77. The highest BCUT2D eigenvalue weighted by Crippen LogP contribution is 2.68. The molecule has 3 aliphatic rings. The van der Waals surface area contributed by atoms with Crippen molar-refractivity contribution in [2.24, 2.45) is 17.8 Å². The second-order valence-electron chi connectivity index (χ2n) is 10.8. The normalized spacial score (nSPS) is 30.2. The van der Waals surface area contributed by atoms with Crippen molar-refractivity contribution in [3.05, 3.63) is 71.8 Å². The number of hydrogen-bond donors (Lipinski definition) is 3. The molecule has 3 aliphatic heterocycles. The minimum Gasteiger partial charge on any atom is -0.394 e. The van der Waals surface area contributed by atoms with Crippen LogP contribution in [0.5, 0.6) is 0 Å². The molecule has 38 heavy (non-hydrogen) atoms. The average molecular weight is 536 g/mol. The van der Waals surface area contributed by atoms with Gasteiger partial charge in [0.25, 0.3) is 0 Å². The van der Waals surface area contributed by atoms with Crippen molar-refractivity contribution in [1.29, 1.82) is 0 Å². The maximum Gasteiger partial charge on any atom is 0.244 e. The fraction of sp³-hybridized carbons (Fsp3) is 0.500. The van der Waals surface area contributed by atoms with Gasteiger partial charge in [0, 0.05) is 18.3 Å². The minimum absolute atomic E-state index is 0.00378. The van der Waals surface area contributed by atoms with Crippen LogP contribution < -0.4 is 10.6 Å². The number of benzene rings is 2. The molecule has 3 N–H and O–H groups in total. The van der Waals surface area contributed by atoms with E-state index in [1.807, 2.05) is 67.6 Å². The van der Waals surface area contributed by atoms with E-state index >= 15 is 0 Å². The molecule has 5 rings (SSSR count). The molecule has 3 unspecified atom stereocenters. The Kier molecular flexibility index (Phi) is 7.82. The molecule has 8 heteroatoms. The molecule has 3 heterocycles. The van der Waals surface area contributed by atoms with Gasteiger partial charge in [-0.15, -0.1) is 11.8 Å². The SMILES string of the molecule is CCCNC(=O)[C@@H]1[C@@H]2CC(C)C3(S2)C(C(=O)NCc2ccccc2)N([C@@H](CO)Cc2ccccc2)C(=O)[C@H]13. The van der Waals surface area contributed by atoms with Crippen LogP contribution in [-0.4, -0.2) is 63.0 Å². The van der Waals surface area contributed by atoms with E-state index in [4.69, 9.17) is 0 Å². The van der Waals surface area contributed by atoms with E-state index in [0.717, 1.165) is 24.0 Å². The molecular formula is C30H37N3O4S. The summed E-state index contributed by atoms with van der Waals surface area (Å²) in [6.07, 6.45) is 2.04. The molecule has 3 saturated heterocycles. The van der Waals surface area contributed by atoms with Crippen LogP contribution in [0.3, 0.4) is 0 Å². The van der Waals surface area contributed by atoms with Gasteiger partial charge in [-0.1, -0.05) is 74.5 Å². The monoisotopic (exact) mass is 535 g/mol. The van der Waals surface area contributed by atoms with Crippen LogP contribution in [0.25, 0.3) is 0 Å². The minimum atomic E-state index is -0.765. The summed E-state index contributed by atoms with van der Waals surface area (Å²) in [5.74, 6) is -1.47. The second-order valence-corrected chi connectivity index (χ2v) is 12.4. The Morgan fingerprint density at radius 1 is 1.05 bits per heavy atom. The van der Waals surface area contributed by atoms with Crippen molar-refractivity contribution in [2.45, 2.75) is 61.7 Å². The Balaban J connectivity index is 1.51. The summed E-state index contributed by atoms with van der Waals surface area (Å²) in [4.78, 5) is 43.4. The second kappa shape index (κ2) is 11.1. The van der Waals surface area contributed by atoms with Crippen molar-refractivity contribution in [3.63, 3.8) is 0 Å². The summed E-state index contributed by atoms with van der Waals surface area (Å²) in [5.41, 5.74) is 1.96. The fourth-order valence-electron chi connectivity index (χ4n) is 6.84. The lowest BCUT2D eigenvalue weighted by Crippen LogP contribution is -2.58. The van der Waals surface area contributed by atoms with Crippen molar-refractivity contribution in [2.75, 3.05) is 13.2 Å². The highest BCUT2D eigenvalue weighted by atomic mass is 32.2. The van der Waals surface area contributed by atoms with Gasteiger partial charge in [0.2, 0.25) is 17.7 Å². The molecule has 7 nitrogen and oxygen atoms in total. The summed E-state index contributed by atoms with van der Waals surface area (Å²) in [5, 5.41) is 16.7. The molecular weight excluding hydrogens is 498 g/mol. The quantitative estimate of drug-likeness (QED) is 0.435. The van der Waals surface area contributed by atoms with E-state index in [-0.39, 0.29) is 35.5 Å². The molecule has 2 aromatic rings. The topological polar surface area (TPSA) is 98.7 Å². The Hall–Kier alpha value is -2.84. The smallest absolute Gasteiger partial charge is 0.244 e. The lowest BCUT2D eigenvalue weighted by atomic mass is 9.66. The summed E-state index contributed by atoms with van der Waals surface area (Å²) >= 11 is 1.66. The van der Waals surface area contributed by atoms with E-state index in [2.05, 4.69) is 17.6 Å². The van der Waals surface area contributed by atoms with Gasteiger partial charge in [0.1, 0.15) is 6.04 Å². The van der Waals surface area contributed by atoms with Crippen LogP contribution in [-0.2, 0) is 27.3 Å². The number of aliphatic hydroxyl groups is 1. The first-order valence-electron chi connectivity index (χ1n) is 13.7. The Labute approximate surface area is 228 Å². The number of nitrogens with zero attached hydrogens (tertiary/aromatic N) is 1. The number of aliphatic hydroxyl groups excluding tert-OH is 1. The third kappa shape index (κ3) is 4.51. The number of rotatable bonds is 10. The van der Waals surface area contributed by atoms with Gasteiger partial charge >= 0.3 is 0 Å². The van der Waals surface area contributed by atoms with Crippen LogP contribution in [0, 0.1) is 17.8 Å². The van der Waals surface area contributed by atoms with E-state index in [1.54, 1.807) is 16.7 Å². The fourth-order valence-corrected chi connectivity index (χ4v) is 9.25. The van der Waals surface area contributed by atoms with E-state index in [0.29, 0.717) is 19.5 Å². The number of thioether (sulfide) groups is 1.